The lowest BCUT2D eigenvalue weighted by atomic mass is 10.1. The molecule has 0 spiro atoms. The quantitative estimate of drug-likeness (QED) is 0.396. The predicted molar refractivity (Wildman–Crippen MR) is 123 cm³/mol. The molecule has 0 radical (unpaired) electrons. The number of Topliss-reactive ketones (excluding diaryl/α,β-unsaturated/α-hetero) is 1. The fourth-order valence-corrected chi connectivity index (χ4v) is 4.00. The number of rotatable bonds is 7. The summed E-state index contributed by atoms with van der Waals surface area (Å²) in [6.45, 7) is 3.79. The van der Waals surface area contributed by atoms with Gasteiger partial charge in [-0.1, -0.05) is 36.1 Å². The first-order valence-corrected chi connectivity index (χ1v) is 10.5. The van der Waals surface area contributed by atoms with E-state index in [0.29, 0.717) is 27.1 Å². The predicted octanol–water partition coefficient (Wildman–Crippen LogP) is 4.13. The van der Waals surface area contributed by atoms with Crippen molar-refractivity contribution < 1.29 is 19.1 Å². The highest BCUT2D eigenvalue weighted by Crippen LogP contribution is 2.32. The first-order valence-electron chi connectivity index (χ1n) is 9.26. The Labute approximate surface area is 184 Å². The minimum Gasteiger partial charge on any atom is -0.494 e. The molecule has 1 aliphatic rings. The molecule has 2 amide bonds. The van der Waals surface area contributed by atoms with Crippen LogP contribution in [0.25, 0.3) is 6.08 Å². The zero-order valence-electron chi connectivity index (χ0n) is 16.5. The van der Waals surface area contributed by atoms with Crippen molar-refractivity contribution in [1.82, 2.24) is 4.90 Å². The molecule has 1 fully saturated rings. The summed E-state index contributed by atoms with van der Waals surface area (Å²) in [6.07, 6.45) is 1.74. The van der Waals surface area contributed by atoms with Crippen LogP contribution in [0.2, 0.25) is 0 Å². The largest absolute Gasteiger partial charge is 0.494 e. The van der Waals surface area contributed by atoms with Crippen molar-refractivity contribution in [2.45, 2.75) is 13.8 Å². The molecule has 0 aliphatic carbocycles. The Morgan fingerprint density at radius 2 is 1.80 bits per heavy atom. The third-order valence-corrected chi connectivity index (χ3v) is 5.62. The maximum absolute atomic E-state index is 12.7. The minimum atomic E-state index is -0.371. The van der Waals surface area contributed by atoms with Gasteiger partial charge in [-0.15, -0.1) is 0 Å². The van der Waals surface area contributed by atoms with Gasteiger partial charge >= 0.3 is 0 Å². The average molecular weight is 441 g/mol. The third-order valence-electron chi connectivity index (χ3n) is 4.24. The summed E-state index contributed by atoms with van der Waals surface area (Å²) in [7, 11) is 0. The lowest BCUT2D eigenvalue weighted by Crippen LogP contribution is -2.36. The van der Waals surface area contributed by atoms with E-state index in [1.807, 2.05) is 31.2 Å². The van der Waals surface area contributed by atoms with E-state index >= 15 is 0 Å². The lowest BCUT2D eigenvalue weighted by molar-refractivity contribution is -0.126. The van der Waals surface area contributed by atoms with Crippen LogP contribution in [-0.4, -0.2) is 40.0 Å². The molecule has 1 saturated heterocycles. The van der Waals surface area contributed by atoms with Gasteiger partial charge in [-0.25, -0.2) is 0 Å². The summed E-state index contributed by atoms with van der Waals surface area (Å²) in [5.74, 6) is 0.0325. The highest BCUT2D eigenvalue weighted by atomic mass is 32.2. The van der Waals surface area contributed by atoms with Gasteiger partial charge in [0, 0.05) is 11.3 Å². The SMILES string of the molecule is CCOc1ccc(/C=C2\SC(=S)N(CC(=O)Nc3ccc(C(C)=O)cc3)C2=O)cc1. The maximum Gasteiger partial charge on any atom is 0.266 e. The van der Waals surface area contributed by atoms with Crippen LogP contribution in [0.1, 0.15) is 29.8 Å². The van der Waals surface area contributed by atoms with Crippen LogP contribution in [0.15, 0.2) is 53.4 Å². The van der Waals surface area contributed by atoms with Gasteiger partial charge < -0.3 is 10.1 Å². The molecule has 1 aliphatic heterocycles. The second kappa shape index (κ2) is 9.69. The van der Waals surface area contributed by atoms with Gasteiger partial charge in [0.25, 0.3) is 5.91 Å². The Morgan fingerprint density at radius 3 is 2.40 bits per heavy atom. The molecule has 0 saturated carbocycles. The van der Waals surface area contributed by atoms with Crippen molar-refractivity contribution in [2.24, 2.45) is 0 Å². The molecule has 0 unspecified atom stereocenters. The van der Waals surface area contributed by atoms with Gasteiger partial charge in [-0.2, -0.15) is 0 Å². The lowest BCUT2D eigenvalue weighted by Gasteiger charge is -2.14. The van der Waals surface area contributed by atoms with E-state index in [2.05, 4.69) is 5.32 Å². The molecule has 0 bridgehead atoms. The highest BCUT2D eigenvalue weighted by Gasteiger charge is 2.33. The number of anilines is 1. The van der Waals surface area contributed by atoms with Crippen molar-refractivity contribution in [2.75, 3.05) is 18.5 Å². The van der Waals surface area contributed by atoms with Crippen LogP contribution < -0.4 is 10.1 Å². The number of nitrogens with zero attached hydrogens (tertiary/aromatic N) is 1. The third kappa shape index (κ3) is 5.34. The van der Waals surface area contributed by atoms with Crippen LogP contribution in [-0.2, 0) is 9.59 Å². The fourth-order valence-electron chi connectivity index (χ4n) is 2.75. The van der Waals surface area contributed by atoms with Gasteiger partial charge in [-0.05, 0) is 61.9 Å². The number of ether oxygens (including phenoxy) is 1. The minimum absolute atomic E-state index is 0.0511. The van der Waals surface area contributed by atoms with Crippen LogP contribution >= 0.6 is 24.0 Å². The van der Waals surface area contributed by atoms with Crippen molar-refractivity contribution in [3.63, 3.8) is 0 Å². The van der Waals surface area contributed by atoms with Crippen LogP contribution in [0.3, 0.4) is 0 Å². The van der Waals surface area contributed by atoms with Gasteiger partial charge in [-0.3, -0.25) is 19.3 Å². The van der Waals surface area contributed by atoms with Crippen LogP contribution in [0.4, 0.5) is 5.69 Å². The van der Waals surface area contributed by atoms with Gasteiger partial charge in [0.1, 0.15) is 16.6 Å². The molecule has 3 rings (SSSR count). The number of thiocarbonyl (C=S) groups is 1. The number of nitrogens with one attached hydrogen (secondary N) is 1. The molecule has 1 N–H and O–H groups in total. The smallest absolute Gasteiger partial charge is 0.266 e. The van der Waals surface area contributed by atoms with E-state index < -0.39 is 0 Å². The fraction of sp³-hybridized carbons (Fsp3) is 0.182. The topological polar surface area (TPSA) is 75.7 Å². The summed E-state index contributed by atoms with van der Waals surface area (Å²) in [5.41, 5.74) is 1.94. The number of benzene rings is 2. The van der Waals surface area contributed by atoms with E-state index in [-0.39, 0.29) is 24.1 Å². The Kier molecular flexibility index (Phi) is 7.02. The Bertz CT molecular complexity index is 1010. The number of carbonyl (C=O) groups excluding carboxylic acids is 3. The summed E-state index contributed by atoms with van der Waals surface area (Å²) in [4.78, 5) is 38.1. The summed E-state index contributed by atoms with van der Waals surface area (Å²) in [5, 5.41) is 2.71. The number of amides is 2. The Hall–Kier alpha value is -2.97. The molecule has 2 aromatic carbocycles. The van der Waals surface area contributed by atoms with E-state index in [9.17, 15) is 14.4 Å². The molecule has 30 heavy (non-hydrogen) atoms. The van der Waals surface area contributed by atoms with Crippen molar-refractivity contribution in [1.29, 1.82) is 0 Å². The second-order valence-electron chi connectivity index (χ2n) is 6.45. The van der Waals surface area contributed by atoms with E-state index in [4.69, 9.17) is 17.0 Å². The molecular weight excluding hydrogens is 420 g/mol. The van der Waals surface area contributed by atoms with Crippen LogP contribution in [0.5, 0.6) is 5.75 Å². The number of hydrogen-bond donors (Lipinski definition) is 1. The van der Waals surface area contributed by atoms with Crippen molar-refractivity contribution >= 4 is 57.7 Å². The van der Waals surface area contributed by atoms with E-state index in [0.717, 1.165) is 23.1 Å². The zero-order valence-corrected chi connectivity index (χ0v) is 18.1. The van der Waals surface area contributed by atoms with Gasteiger partial charge in [0.15, 0.2) is 5.78 Å². The normalized spacial score (nSPS) is 14.9. The van der Waals surface area contributed by atoms with Gasteiger partial charge in [0.2, 0.25) is 5.91 Å². The molecular formula is C22H20N2O4S2. The molecule has 1 heterocycles. The second-order valence-corrected chi connectivity index (χ2v) is 8.13. The Balaban J connectivity index is 1.64. The molecule has 154 valence electrons. The first kappa shape index (κ1) is 21.7. The standard InChI is InChI=1S/C22H20N2O4S2/c1-3-28-18-10-4-15(5-11-18)12-19-21(27)24(22(29)30-19)13-20(26)23-17-8-6-16(7-9-17)14(2)25/h4-12H,3,13H2,1-2H3,(H,23,26)/b19-12-. The van der Waals surface area contributed by atoms with Crippen LogP contribution in [0, 0.1) is 0 Å². The maximum atomic E-state index is 12.7. The molecule has 0 aromatic heterocycles. The summed E-state index contributed by atoms with van der Waals surface area (Å²) in [6, 6.07) is 13.9. The van der Waals surface area contributed by atoms with E-state index in [1.54, 1.807) is 30.3 Å². The molecule has 6 nitrogen and oxygen atoms in total. The first-order chi connectivity index (χ1) is 14.4. The average Bonchev–Trinajstić information content (AvgIpc) is 2.97. The highest BCUT2D eigenvalue weighted by molar-refractivity contribution is 8.26. The van der Waals surface area contributed by atoms with Crippen molar-refractivity contribution in [3.05, 3.63) is 64.6 Å². The number of ketones is 1. The Morgan fingerprint density at radius 1 is 1.13 bits per heavy atom. The van der Waals surface area contributed by atoms with Gasteiger partial charge in [0.05, 0.1) is 11.5 Å². The molecule has 2 aromatic rings. The number of hydrogen-bond acceptors (Lipinski definition) is 6. The van der Waals surface area contributed by atoms with Crippen molar-refractivity contribution in [3.8, 4) is 5.75 Å². The number of carbonyl (C=O) groups is 3. The number of thioether (sulfide) groups is 1. The summed E-state index contributed by atoms with van der Waals surface area (Å²) < 4.78 is 5.75. The molecule has 8 heteroatoms. The monoisotopic (exact) mass is 440 g/mol. The summed E-state index contributed by atoms with van der Waals surface area (Å²) >= 11 is 6.45. The van der Waals surface area contributed by atoms with E-state index in [1.165, 1.54) is 11.8 Å². The zero-order chi connectivity index (χ0) is 21.7. The molecule has 0 atom stereocenters.